The van der Waals surface area contributed by atoms with Crippen LogP contribution >= 0.6 is 23.5 Å². The van der Waals surface area contributed by atoms with Crippen LogP contribution < -0.4 is 9.03 Å². The molecule has 0 aliphatic carbocycles. The van der Waals surface area contributed by atoms with Crippen LogP contribution in [0.1, 0.15) is 5.56 Å². The van der Waals surface area contributed by atoms with E-state index in [2.05, 4.69) is 27.2 Å². The van der Waals surface area contributed by atoms with Crippen molar-refractivity contribution in [2.45, 2.75) is 11.8 Å². The van der Waals surface area contributed by atoms with Gasteiger partial charge in [-0.1, -0.05) is 17.7 Å². The Kier molecular flexibility index (Phi) is 10.9. The number of nitrogens with one attached hydrogen (secondary N) is 1. The number of aromatic nitrogens is 2. The van der Waals surface area contributed by atoms with Gasteiger partial charge in [-0.15, -0.1) is 13.2 Å². The van der Waals surface area contributed by atoms with E-state index in [-0.39, 0.29) is 0 Å². The van der Waals surface area contributed by atoms with Crippen molar-refractivity contribution in [1.82, 2.24) is 9.97 Å². The Morgan fingerprint density at radius 3 is 2.68 bits per heavy atom. The number of halogens is 1. The average molecular weight is 557 g/mol. The summed E-state index contributed by atoms with van der Waals surface area (Å²) >= 11 is 8.10. The molecule has 4 aromatic rings. The van der Waals surface area contributed by atoms with Gasteiger partial charge in [-0.25, -0.2) is 9.19 Å². The van der Waals surface area contributed by atoms with Crippen LogP contribution in [-0.2, 0) is 15.7 Å². The fourth-order valence-electron chi connectivity index (χ4n) is 3.61. The molecule has 0 spiro atoms. The van der Waals surface area contributed by atoms with Crippen molar-refractivity contribution in [1.29, 1.82) is 0 Å². The lowest BCUT2D eigenvalue weighted by Crippen LogP contribution is -2.26. The van der Waals surface area contributed by atoms with E-state index in [0.29, 0.717) is 22.5 Å². The van der Waals surface area contributed by atoms with Crippen LogP contribution in [0.25, 0.3) is 22.2 Å². The van der Waals surface area contributed by atoms with Crippen LogP contribution in [-0.4, -0.2) is 45.5 Å². The average Bonchev–Trinajstić information content (AvgIpc) is 2.96. The second-order valence-corrected chi connectivity index (χ2v) is 10.1. The fraction of sp³-hybridized carbons (Fsp3) is 0.185. The molecule has 1 atom stereocenters. The second-order valence-electron chi connectivity index (χ2n) is 7.54. The van der Waals surface area contributed by atoms with E-state index in [1.54, 1.807) is 24.3 Å². The monoisotopic (exact) mass is 556 g/mol. The van der Waals surface area contributed by atoms with Gasteiger partial charge in [-0.3, -0.25) is 4.98 Å². The number of benzene rings is 2. The highest BCUT2D eigenvalue weighted by molar-refractivity contribution is 8.00. The summed E-state index contributed by atoms with van der Waals surface area (Å²) in [6.45, 7) is 9.50. The van der Waals surface area contributed by atoms with Crippen LogP contribution in [0, 0.1) is 6.92 Å². The molecule has 2 aromatic heterocycles. The zero-order chi connectivity index (χ0) is 26.8. The van der Waals surface area contributed by atoms with Gasteiger partial charge in [-0.05, 0) is 73.0 Å². The highest BCUT2D eigenvalue weighted by Crippen LogP contribution is 2.32. The summed E-state index contributed by atoms with van der Waals surface area (Å²) in [6, 6.07) is 17.4. The van der Waals surface area contributed by atoms with Crippen LogP contribution in [0.3, 0.4) is 0 Å². The quantitative estimate of drug-likeness (QED) is 0.222. The zero-order valence-corrected chi connectivity index (χ0v) is 23.1. The van der Waals surface area contributed by atoms with Gasteiger partial charge >= 0.3 is 0 Å². The van der Waals surface area contributed by atoms with E-state index in [0.717, 1.165) is 52.8 Å². The molecule has 5 rings (SSSR count). The molecule has 0 amide bonds. The highest BCUT2D eigenvalue weighted by Gasteiger charge is 2.16. The lowest BCUT2D eigenvalue weighted by molar-refractivity contribution is 0.184. The molecule has 194 valence electrons. The minimum Gasteiger partial charge on any atom is -0.400 e. The molecule has 0 radical (unpaired) electrons. The molecule has 1 fully saturated rings. The lowest BCUT2D eigenvalue weighted by atomic mass is 10.0. The van der Waals surface area contributed by atoms with Gasteiger partial charge in [0, 0.05) is 41.8 Å². The normalized spacial score (nSPS) is 13.6. The third-order valence-electron chi connectivity index (χ3n) is 5.35. The van der Waals surface area contributed by atoms with Crippen molar-refractivity contribution >= 4 is 56.8 Å². The first-order chi connectivity index (χ1) is 18.1. The number of hydrogen-bond acceptors (Lipinski definition) is 7. The summed E-state index contributed by atoms with van der Waals surface area (Å²) in [4.78, 5) is 9.46. The first kappa shape index (κ1) is 28.6. The molecule has 1 unspecified atom stereocenters. The Morgan fingerprint density at radius 2 is 1.95 bits per heavy atom. The number of aliphatic hydroxyl groups is 1. The number of hydrogen-bond donors (Lipinski definition) is 2. The van der Waals surface area contributed by atoms with E-state index in [1.807, 2.05) is 61.5 Å². The Bertz CT molecular complexity index is 1370. The Hall–Kier alpha value is -2.95. The molecule has 3 heterocycles. The lowest BCUT2D eigenvalue weighted by Gasteiger charge is -2.27. The van der Waals surface area contributed by atoms with Gasteiger partial charge < -0.3 is 18.9 Å². The maximum Gasteiger partial charge on any atom is 0.151 e. The van der Waals surface area contributed by atoms with Crippen LogP contribution in [0.2, 0.25) is 5.02 Å². The number of rotatable bonds is 5. The van der Waals surface area contributed by atoms with Crippen molar-refractivity contribution in [3.8, 4) is 11.3 Å². The topological polar surface area (TPSA) is 87.6 Å². The summed E-state index contributed by atoms with van der Waals surface area (Å²) in [5, 5.41) is 8.45. The van der Waals surface area contributed by atoms with Crippen molar-refractivity contribution in [3.63, 3.8) is 0 Å². The predicted octanol–water partition coefficient (Wildman–Crippen LogP) is 6.25. The minimum absolute atomic E-state index is 0.461. The van der Waals surface area contributed by atoms with Gasteiger partial charge in [0.15, 0.2) is 11.0 Å². The minimum atomic E-state index is -1.51. The second kappa shape index (κ2) is 14.1. The maximum atomic E-state index is 13.1. The number of ether oxygens (including phenoxy) is 1. The standard InChI is InChI=1S/C24H21ClN4O2S2.C2H4.CH4O/c1-16-2-4-18(12-20(16)23-6-3-17-14-26-9-8-22(17)27-23)28-33(30)24-7-5-19(13-21(24)25)29-10-11-31-15-32-29;2*1-2/h2-9,12-14,28H,10-11,15H2,1H3;1-2H2;2H,1H3. The summed E-state index contributed by atoms with van der Waals surface area (Å²) in [6.07, 6.45) is 3.53. The van der Waals surface area contributed by atoms with Gasteiger partial charge in [-0.2, -0.15) is 0 Å². The predicted molar refractivity (Wildman–Crippen MR) is 156 cm³/mol. The Balaban J connectivity index is 0.000000907. The van der Waals surface area contributed by atoms with Crippen LogP contribution in [0.5, 0.6) is 0 Å². The van der Waals surface area contributed by atoms with Gasteiger partial charge in [0.1, 0.15) is 5.94 Å². The van der Waals surface area contributed by atoms with Crippen LogP contribution in [0.15, 0.2) is 85.0 Å². The molecule has 7 nitrogen and oxygen atoms in total. The third kappa shape index (κ3) is 7.09. The van der Waals surface area contributed by atoms with E-state index in [1.165, 1.54) is 0 Å². The molecule has 2 N–H and O–H groups in total. The smallest absolute Gasteiger partial charge is 0.151 e. The molecule has 37 heavy (non-hydrogen) atoms. The number of nitrogens with zero attached hydrogens (tertiary/aromatic N) is 3. The first-order valence-corrected chi connectivity index (χ1v) is 13.8. The van der Waals surface area contributed by atoms with Crippen molar-refractivity contribution in [3.05, 3.63) is 90.7 Å². The van der Waals surface area contributed by atoms with E-state index < -0.39 is 11.0 Å². The molecular weight excluding hydrogens is 528 g/mol. The maximum absolute atomic E-state index is 13.1. The molecule has 1 aliphatic heterocycles. The zero-order valence-electron chi connectivity index (χ0n) is 20.7. The van der Waals surface area contributed by atoms with Crippen molar-refractivity contribution in [2.75, 3.05) is 35.2 Å². The highest BCUT2D eigenvalue weighted by atomic mass is 35.5. The molecule has 1 saturated heterocycles. The fourth-order valence-corrected chi connectivity index (χ4v) is 5.66. The summed E-state index contributed by atoms with van der Waals surface area (Å²) in [5.74, 6) is 0.617. The van der Waals surface area contributed by atoms with Gasteiger partial charge in [0.25, 0.3) is 0 Å². The molecule has 0 saturated carbocycles. The summed E-state index contributed by atoms with van der Waals surface area (Å²) < 4.78 is 23.7. The number of fused-ring (bicyclic) bond motifs is 1. The van der Waals surface area contributed by atoms with E-state index in [9.17, 15) is 4.21 Å². The van der Waals surface area contributed by atoms with Crippen molar-refractivity contribution < 1.29 is 14.1 Å². The molecular formula is C27H29ClN4O3S2. The van der Waals surface area contributed by atoms with Gasteiger partial charge in [0.2, 0.25) is 0 Å². The number of aryl methyl sites for hydroxylation is 1. The van der Waals surface area contributed by atoms with Gasteiger partial charge in [0.05, 0.1) is 34.3 Å². The summed E-state index contributed by atoms with van der Waals surface area (Å²) in [5.41, 5.74) is 5.50. The van der Waals surface area contributed by atoms with E-state index >= 15 is 0 Å². The molecule has 10 heteroatoms. The number of anilines is 2. The third-order valence-corrected chi connectivity index (χ3v) is 7.93. The molecule has 0 bridgehead atoms. The SMILES string of the molecule is C=C.CO.Cc1ccc(NS(=O)c2ccc(N3CCOCS3)cc2Cl)cc1-c1ccc2cnccc2n1. The molecule has 1 aliphatic rings. The number of pyridine rings is 2. The largest absolute Gasteiger partial charge is 0.400 e. The van der Waals surface area contributed by atoms with Crippen molar-refractivity contribution in [2.24, 2.45) is 0 Å². The first-order valence-electron chi connectivity index (χ1n) is 11.3. The van der Waals surface area contributed by atoms with Crippen LogP contribution in [0.4, 0.5) is 11.4 Å². The Morgan fingerprint density at radius 1 is 1.14 bits per heavy atom. The Labute approximate surface area is 229 Å². The number of aliphatic hydroxyl groups excluding tert-OH is 1. The summed E-state index contributed by atoms with van der Waals surface area (Å²) in [7, 11) is -0.513. The van der Waals surface area contributed by atoms with E-state index in [4.69, 9.17) is 26.4 Å². The molecule has 2 aromatic carbocycles.